The van der Waals surface area contributed by atoms with Crippen LogP contribution in [0.5, 0.6) is 0 Å². The number of hydrogen-bond donors (Lipinski definition) is 2. The van der Waals surface area contributed by atoms with Crippen LogP contribution in [0.3, 0.4) is 0 Å². The lowest BCUT2D eigenvalue weighted by atomic mass is 9.77. The molecule has 0 aliphatic heterocycles. The Labute approximate surface area is 99.4 Å². The Bertz CT molecular complexity index is 315. The van der Waals surface area contributed by atoms with Gasteiger partial charge in [-0.25, -0.2) is 0 Å². The maximum Gasteiger partial charge on any atom is 0.309 e. The average Bonchev–Trinajstić information content (AvgIpc) is 1.95. The van der Waals surface area contributed by atoms with Gasteiger partial charge in [-0.3, -0.25) is 4.79 Å². The van der Waals surface area contributed by atoms with Crippen LogP contribution in [0.1, 0.15) is 20.8 Å². The van der Waals surface area contributed by atoms with Crippen LogP contribution in [0.4, 0.5) is 0 Å². The second-order valence-electron chi connectivity index (χ2n) is 6.23. The summed E-state index contributed by atoms with van der Waals surface area (Å²) in [6.07, 6.45) is 0. The number of nitrogens with two attached hydrogens (primary N) is 1. The van der Waals surface area contributed by atoms with Crippen LogP contribution in [-0.4, -0.2) is 25.2 Å². The molecule has 3 nitrogen and oxygen atoms in total. The van der Waals surface area contributed by atoms with E-state index in [4.69, 9.17) is 5.73 Å². The fourth-order valence-corrected chi connectivity index (χ4v) is 2.05. The Hall–Kier alpha value is -0.793. The van der Waals surface area contributed by atoms with Crippen molar-refractivity contribution in [3.05, 3.63) is 0 Å². The number of carboxylic acid groups (broad SMARTS) is 1. The molecule has 16 heavy (non-hydrogen) atoms. The molecule has 0 saturated heterocycles. The quantitative estimate of drug-likeness (QED) is 0.573. The van der Waals surface area contributed by atoms with Crippen molar-refractivity contribution in [3.63, 3.8) is 0 Å². The van der Waals surface area contributed by atoms with Crippen molar-refractivity contribution in [2.75, 3.05) is 0 Å². The van der Waals surface area contributed by atoms with Gasteiger partial charge in [0.15, 0.2) is 0 Å². The van der Waals surface area contributed by atoms with E-state index < -0.39 is 26.0 Å². The van der Waals surface area contributed by atoms with E-state index in [0.717, 1.165) is 0 Å². The highest BCUT2D eigenvalue weighted by Gasteiger charge is 2.35. The zero-order chi connectivity index (χ0) is 13.1. The first-order chi connectivity index (χ1) is 6.95. The lowest BCUT2D eigenvalue weighted by Crippen LogP contribution is -2.43. The summed E-state index contributed by atoms with van der Waals surface area (Å²) >= 11 is 0. The molecule has 0 aromatic heterocycles. The molecule has 0 rings (SSSR count). The second-order valence-corrected chi connectivity index (χ2v) is 11.0. The zero-order valence-electron chi connectivity index (χ0n) is 11.1. The van der Waals surface area contributed by atoms with Gasteiger partial charge in [0.25, 0.3) is 0 Å². The van der Waals surface area contributed by atoms with Crippen LogP contribution >= 0.6 is 0 Å². The van der Waals surface area contributed by atoms with E-state index >= 15 is 0 Å². The molecule has 0 fully saturated rings. The summed E-state index contributed by atoms with van der Waals surface area (Å²) < 4.78 is 0. The van der Waals surface area contributed by atoms with Gasteiger partial charge in [0, 0.05) is 0 Å². The molecule has 0 aliphatic carbocycles. The maximum atomic E-state index is 11.2. The molecule has 1 unspecified atom stereocenters. The van der Waals surface area contributed by atoms with Gasteiger partial charge in [0.1, 0.15) is 8.07 Å². The Morgan fingerprint density at radius 3 is 2.00 bits per heavy atom. The summed E-state index contributed by atoms with van der Waals surface area (Å²) in [7, 11) is -1.49. The molecule has 0 aliphatic rings. The monoisotopic (exact) mass is 241 g/mol. The number of carbonyl (C=O) groups is 1. The molecule has 3 N–H and O–H groups in total. The SMILES string of the molecule is CC(C)(C)[C@@H](C(=O)O)C(N)C#C[Si](C)(C)C. The minimum absolute atomic E-state index is 0.376. The Morgan fingerprint density at radius 2 is 1.75 bits per heavy atom. The molecule has 0 heterocycles. The number of hydrogen-bond acceptors (Lipinski definition) is 2. The molecule has 2 atom stereocenters. The van der Waals surface area contributed by atoms with Gasteiger partial charge >= 0.3 is 5.97 Å². The van der Waals surface area contributed by atoms with Gasteiger partial charge in [-0.15, -0.1) is 5.54 Å². The summed E-state index contributed by atoms with van der Waals surface area (Å²) in [5, 5.41) is 9.17. The van der Waals surface area contributed by atoms with Crippen LogP contribution in [-0.2, 0) is 4.79 Å². The molecular weight excluding hydrogens is 218 g/mol. The van der Waals surface area contributed by atoms with Crippen molar-refractivity contribution in [1.29, 1.82) is 0 Å². The van der Waals surface area contributed by atoms with E-state index in [1.54, 1.807) is 0 Å². The van der Waals surface area contributed by atoms with Gasteiger partial charge in [-0.05, 0) is 5.41 Å². The van der Waals surface area contributed by atoms with E-state index in [-0.39, 0.29) is 5.41 Å². The van der Waals surface area contributed by atoms with E-state index in [1.165, 1.54) is 0 Å². The lowest BCUT2D eigenvalue weighted by Gasteiger charge is -2.29. The van der Waals surface area contributed by atoms with E-state index in [0.29, 0.717) is 0 Å². The zero-order valence-corrected chi connectivity index (χ0v) is 12.1. The summed E-state index contributed by atoms with van der Waals surface area (Å²) in [4.78, 5) is 11.2. The normalized spacial score (nSPS) is 15.9. The summed E-state index contributed by atoms with van der Waals surface area (Å²) in [6.45, 7) is 12.0. The van der Waals surface area contributed by atoms with Crippen LogP contribution in [0.15, 0.2) is 0 Å². The van der Waals surface area contributed by atoms with E-state index in [9.17, 15) is 9.90 Å². The van der Waals surface area contributed by atoms with Crippen LogP contribution in [0.2, 0.25) is 19.6 Å². The molecule has 0 spiro atoms. The predicted molar refractivity (Wildman–Crippen MR) is 69.7 cm³/mol. The molecule has 0 saturated carbocycles. The highest BCUT2D eigenvalue weighted by Crippen LogP contribution is 2.28. The van der Waals surface area contributed by atoms with Crippen molar-refractivity contribution in [2.24, 2.45) is 17.1 Å². The van der Waals surface area contributed by atoms with Gasteiger partial charge in [0.2, 0.25) is 0 Å². The van der Waals surface area contributed by atoms with Gasteiger partial charge in [0.05, 0.1) is 12.0 Å². The largest absolute Gasteiger partial charge is 0.481 e. The molecule has 92 valence electrons. The van der Waals surface area contributed by atoms with Crippen LogP contribution in [0.25, 0.3) is 0 Å². The van der Waals surface area contributed by atoms with E-state index in [2.05, 4.69) is 31.1 Å². The summed E-state index contributed by atoms with van der Waals surface area (Å²) in [6, 6.07) is -0.593. The van der Waals surface area contributed by atoms with Gasteiger partial charge in [-0.2, -0.15) is 0 Å². The Kier molecular flexibility index (Phi) is 4.78. The lowest BCUT2D eigenvalue weighted by molar-refractivity contribution is -0.145. The van der Waals surface area contributed by atoms with Crippen molar-refractivity contribution in [3.8, 4) is 11.5 Å². The fraction of sp³-hybridized carbons (Fsp3) is 0.750. The topological polar surface area (TPSA) is 63.3 Å². The summed E-state index contributed by atoms with van der Waals surface area (Å²) in [5.74, 6) is 1.42. The molecule has 0 aromatic carbocycles. The highest BCUT2D eigenvalue weighted by atomic mass is 28.3. The number of aliphatic carboxylic acids is 1. The van der Waals surface area contributed by atoms with Crippen molar-refractivity contribution in [2.45, 2.75) is 46.5 Å². The second kappa shape index (κ2) is 5.02. The Morgan fingerprint density at radius 1 is 1.31 bits per heavy atom. The Balaban J connectivity index is 4.97. The van der Waals surface area contributed by atoms with Gasteiger partial charge in [-0.1, -0.05) is 46.3 Å². The standard InChI is InChI=1S/C12H23NO2Si/c1-12(2,3)10(11(14)15)9(13)7-8-16(4,5)6/h9-10H,13H2,1-6H3,(H,14,15)/t9?,10-/m1/s1. The first-order valence-corrected chi connectivity index (χ1v) is 8.96. The van der Waals surface area contributed by atoms with E-state index in [1.807, 2.05) is 20.8 Å². The fourth-order valence-electron chi connectivity index (χ4n) is 1.45. The van der Waals surface area contributed by atoms with Crippen molar-refractivity contribution in [1.82, 2.24) is 0 Å². The van der Waals surface area contributed by atoms with Gasteiger partial charge < -0.3 is 10.8 Å². The number of rotatable bonds is 2. The third-order valence-electron chi connectivity index (χ3n) is 2.17. The first kappa shape index (κ1) is 15.2. The molecule has 0 amide bonds. The molecular formula is C12H23NO2Si. The third kappa shape index (κ3) is 5.33. The summed E-state index contributed by atoms with van der Waals surface area (Å²) in [5.41, 5.74) is 8.63. The number of carboxylic acids is 1. The average molecular weight is 241 g/mol. The predicted octanol–water partition coefficient (Wildman–Crippen LogP) is 1.94. The third-order valence-corrected chi connectivity index (χ3v) is 3.07. The van der Waals surface area contributed by atoms with Crippen molar-refractivity contribution < 1.29 is 9.90 Å². The molecule has 0 aromatic rings. The molecule has 0 radical (unpaired) electrons. The minimum atomic E-state index is -1.49. The first-order valence-electron chi connectivity index (χ1n) is 5.46. The molecule has 0 bridgehead atoms. The molecule has 4 heteroatoms. The highest BCUT2D eigenvalue weighted by molar-refractivity contribution is 6.83. The van der Waals surface area contributed by atoms with Crippen molar-refractivity contribution >= 4 is 14.0 Å². The smallest absolute Gasteiger partial charge is 0.309 e. The van der Waals surface area contributed by atoms with Crippen LogP contribution in [0, 0.1) is 22.8 Å². The maximum absolute atomic E-state index is 11.2. The van der Waals surface area contributed by atoms with Crippen LogP contribution < -0.4 is 5.73 Å². The minimum Gasteiger partial charge on any atom is -0.481 e.